The lowest BCUT2D eigenvalue weighted by Crippen LogP contribution is -2.07. The zero-order valence-electron chi connectivity index (χ0n) is 9.86. The van der Waals surface area contributed by atoms with Crippen molar-refractivity contribution < 1.29 is 9.57 Å². The standard InChI is InChI=1S/C13H10ClN3O2/c14-10-3-1-9(2-4-10)12-5-13(17-19-12)18-11-6-15-8-16-7-11/h1-4,6-8,12H,5H2. The lowest BCUT2D eigenvalue weighted by Gasteiger charge is -2.07. The fourth-order valence-electron chi connectivity index (χ4n) is 1.75. The van der Waals surface area contributed by atoms with Gasteiger partial charge in [-0.1, -0.05) is 28.9 Å². The van der Waals surface area contributed by atoms with Crippen LogP contribution in [0.2, 0.25) is 5.02 Å². The molecule has 0 bridgehead atoms. The smallest absolute Gasteiger partial charge is 0.235 e. The summed E-state index contributed by atoms with van der Waals surface area (Å²) in [4.78, 5) is 13.1. The van der Waals surface area contributed by atoms with Crippen LogP contribution < -0.4 is 4.74 Å². The van der Waals surface area contributed by atoms with Gasteiger partial charge in [0.1, 0.15) is 6.33 Å². The van der Waals surface area contributed by atoms with E-state index in [2.05, 4.69) is 15.1 Å². The van der Waals surface area contributed by atoms with Crippen molar-refractivity contribution in [3.63, 3.8) is 0 Å². The zero-order chi connectivity index (χ0) is 13.1. The number of halogens is 1. The van der Waals surface area contributed by atoms with Gasteiger partial charge in [0.15, 0.2) is 11.9 Å². The van der Waals surface area contributed by atoms with E-state index in [0.29, 0.717) is 23.1 Å². The van der Waals surface area contributed by atoms with Gasteiger partial charge < -0.3 is 9.57 Å². The predicted molar refractivity (Wildman–Crippen MR) is 70.0 cm³/mol. The molecule has 1 atom stereocenters. The molecule has 0 fully saturated rings. The van der Waals surface area contributed by atoms with E-state index in [9.17, 15) is 0 Å². The van der Waals surface area contributed by atoms with Crippen LogP contribution in [0.4, 0.5) is 0 Å². The summed E-state index contributed by atoms with van der Waals surface area (Å²) in [5, 5.41) is 4.61. The molecule has 3 rings (SSSR count). The summed E-state index contributed by atoms with van der Waals surface area (Å²) in [5.74, 6) is 1.05. The Kier molecular flexibility index (Phi) is 3.29. The Morgan fingerprint density at radius 3 is 2.63 bits per heavy atom. The van der Waals surface area contributed by atoms with Crippen molar-refractivity contribution in [1.29, 1.82) is 0 Å². The van der Waals surface area contributed by atoms with E-state index in [0.717, 1.165) is 5.56 Å². The second kappa shape index (κ2) is 5.24. The molecule has 6 heteroatoms. The maximum Gasteiger partial charge on any atom is 0.235 e. The molecule has 96 valence electrons. The van der Waals surface area contributed by atoms with Crippen LogP contribution in [0.5, 0.6) is 5.75 Å². The third-order valence-electron chi connectivity index (χ3n) is 2.66. The Labute approximate surface area is 114 Å². The molecule has 0 saturated heterocycles. The van der Waals surface area contributed by atoms with Crippen molar-refractivity contribution in [2.75, 3.05) is 0 Å². The summed E-state index contributed by atoms with van der Waals surface area (Å²) < 4.78 is 5.52. The van der Waals surface area contributed by atoms with E-state index >= 15 is 0 Å². The Hall–Kier alpha value is -2.14. The zero-order valence-corrected chi connectivity index (χ0v) is 10.6. The fourth-order valence-corrected chi connectivity index (χ4v) is 1.87. The number of rotatable bonds is 2. The van der Waals surface area contributed by atoms with Crippen LogP contribution in [-0.2, 0) is 4.84 Å². The number of ether oxygens (including phenoxy) is 1. The summed E-state index contributed by atoms with van der Waals surface area (Å²) >= 11 is 5.85. The first kappa shape index (κ1) is 11.9. The molecule has 1 unspecified atom stereocenters. The number of hydrogen-bond donors (Lipinski definition) is 0. The molecule has 1 aliphatic heterocycles. The molecule has 0 amide bonds. The first-order valence-electron chi connectivity index (χ1n) is 5.72. The van der Waals surface area contributed by atoms with Crippen molar-refractivity contribution in [3.8, 4) is 5.75 Å². The highest BCUT2D eigenvalue weighted by Crippen LogP contribution is 2.28. The Bertz CT molecular complexity index is 587. The first-order chi connectivity index (χ1) is 9.31. The Morgan fingerprint density at radius 1 is 1.16 bits per heavy atom. The maximum absolute atomic E-state index is 5.85. The van der Waals surface area contributed by atoms with Gasteiger partial charge in [-0.25, -0.2) is 9.97 Å². The third-order valence-corrected chi connectivity index (χ3v) is 2.91. The van der Waals surface area contributed by atoms with Gasteiger partial charge in [-0.2, -0.15) is 0 Å². The third kappa shape index (κ3) is 2.82. The highest BCUT2D eigenvalue weighted by Gasteiger charge is 2.24. The molecule has 1 aromatic carbocycles. The van der Waals surface area contributed by atoms with Gasteiger partial charge in [-0.15, -0.1) is 0 Å². The molecule has 2 aromatic rings. The van der Waals surface area contributed by atoms with Gasteiger partial charge in [0.2, 0.25) is 5.90 Å². The van der Waals surface area contributed by atoms with Gasteiger partial charge in [-0.05, 0) is 17.7 Å². The molecule has 0 spiro atoms. The fraction of sp³-hybridized carbons (Fsp3) is 0.154. The van der Waals surface area contributed by atoms with Crippen LogP contribution in [0.15, 0.2) is 48.1 Å². The molecule has 0 radical (unpaired) electrons. The number of benzene rings is 1. The quantitative estimate of drug-likeness (QED) is 0.845. The molecule has 0 saturated carbocycles. The van der Waals surface area contributed by atoms with E-state index in [4.69, 9.17) is 21.2 Å². The van der Waals surface area contributed by atoms with E-state index in [1.54, 1.807) is 12.4 Å². The number of hydrogen-bond acceptors (Lipinski definition) is 5. The van der Waals surface area contributed by atoms with E-state index in [1.165, 1.54) is 6.33 Å². The molecule has 1 aliphatic rings. The topological polar surface area (TPSA) is 56.6 Å². The summed E-state index contributed by atoms with van der Waals surface area (Å²) in [5.41, 5.74) is 1.01. The monoisotopic (exact) mass is 275 g/mol. The Balaban J connectivity index is 1.65. The molecule has 2 heterocycles. The average molecular weight is 276 g/mol. The van der Waals surface area contributed by atoms with Crippen LogP contribution in [-0.4, -0.2) is 15.9 Å². The van der Waals surface area contributed by atoms with Gasteiger partial charge in [0.05, 0.1) is 18.8 Å². The molecule has 1 aromatic heterocycles. The lowest BCUT2D eigenvalue weighted by molar-refractivity contribution is 0.0855. The summed E-state index contributed by atoms with van der Waals surface area (Å²) in [7, 11) is 0. The highest BCUT2D eigenvalue weighted by molar-refractivity contribution is 6.30. The largest absolute Gasteiger partial charge is 0.436 e. The number of aromatic nitrogens is 2. The van der Waals surface area contributed by atoms with Gasteiger partial charge in [0.25, 0.3) is 0 Å². The first-order valence-corrected chi connectivity index (χ1v) is 6.10. The van der Waals surface area contributed by atoms with E-state index < -0.39 is 0 Å². The molecule has 19 heavy (non-hydrogen) atoms. The average Bonchev–Trinajstić information content (AvgIpc) is 2.89. The minimum absolute atomic E-state index is 0.142. The molecule has 0 N–H and O–H groups in total. The van der Waals surface area contributed by atoms with Crippen molar-refractivity contribution in [2.45, 2.75) is 12.5 Å². The minimum atomic E-state index is -0.142. The molecule has 5 nitrogen and oxygen atoms in total. The van der Waals surface area contributed by atoms with E-state index in [-0.39, 0.29) is 6.10 Å². The molecular weight excluding hydrogens is 266 g/mol. The van der Waals surface area contributed by atoms with Crippen LogP contribution in [0.25, 0.3) is 0 Å². The normalized spacial score (nSPS) is 17.7. The number of nitrogens with zero attached hydrogens (tertiary/aromatic N) is 3. The van der Waals surface area contributed by atoms with Gasteiger partial charge in [-0.3, -0.25) is 0 Å². The maximum atomic E-state index is 5.85. The lowest BCUT2D eigenvalue weighted by atomic mass is 10.1. The van der Waals surface area contributed by atoms with Crippen molar-refractivity contribution in [3.05, 3.63) is 53.6 Å². The minimum Gasteiger partial charge on any atom is -0.436 e. The molecular formula is C13H10ClN3O2. The summed E-state index contributed by atoms with van der Waals surface area (Å²) in [6.07, 6.45) is 5.01. The number of oxime groups is 1. The van der Waals surface area contributed by atoms with Gasteiger partial charge in [0, 0.05) is 5.02 Å². The van der Waals surface area contributed by atoms with Crippen LogP contribution in [0, 0.1) is 0 Å². The molecule has 0 aliphatic carbocycles. The SMILES string of the molecule is Clc1ccc(C2CC(Oc3cncnc3)=NO2)cc1. The van der Waals surface area contributed by atoms with Crippen molar-refractivity contribution >= 4 is 17.5 Å². The van der Waals surface area contributed by atoms with Crippen LogP contribution >= 0.6 is 11.6 Å². The second-order valence-corrected chi connectivity index (χ2v) is 4.45. The van der Waals surface area contributed by atoms with Crippen molar-refractivity contribution in [1.82, 2.24) is 9.97 Å². The second-order valence-electron chi connectivity index (χ2n) is 4.01. The van der Waals surface area contributed by atoms with Crippen LogP contribution in [0.3, 0.4) is 0 Å². The Morgan fingerprint density at radius 2 is 1.89 bits per heavy atom. The summed E-state index contributed by atoms with van der Waals surface area (Å²) in [6.45, 7) is 0. The predicted octanol–water partition coefficient (Wildman–Crippen LogP) is 2.98. The van der Waals surface area contributed by atoms with Gasteiger partial charge >= 0.3 is 0 Å². The van der Waals surface area contributed by atoms with Crippen molar-refractivity contribution in [2.24, 2.45) is 5.16 Å². The highest BCUT2D eigenvalue weighted by atomic mass is 35.5. The summed E-state index contributed by atoms with van der Waals surface area (Å²) in [6, 6.07) is 7.47. The van der Waals surface area contributed by atoms with Crippen LogP contribution in [0.1, 0.15) is 18.1 Å². The van der Waals surface area contributed by atoms with E-state index in [1.807, 2.05) is 24.3 Å².